The Morgan fingerprint density at radius 1 is 1.19 bits per heavy atom. The fourth-order valence-electron chi connectivity index (χ4n) is 5.21. The summed E-state index contributed by atoms with van der Waals surface area (Å²) in [5, 5.41) is 11.3. The van der Waals surface area contributed by atoms with Crippen molar-refractivity contribution in [3.05, 3.63) is 58.1 Å². The first-order chi connectivity index (χ1) is 12.6. The molecule has 2 aliphatic rings. The molecular weight excluding hydrogens is 346 g/mol. The molecule has 1 saturated carbocycles. The number of rotatable bonds is 3. The van der Waals surface area contributed by atoms with Gasteiger partial charge < -0.3 is 9.84 Å². The summed E-state index contributed by atoms with van der Waals surface area (Å²) in [7, 11) is 3.81. The molecule has 0 saturated heterocycles. The summed E-state index contributed by atoms with van der Waals surface area (Å²) in [4.78, 5) is 2.45. The molecule has 4 heteroatoms. The van der Waals surface area contributed by atoms with E-state index in [-0.39, 0.29) is 17.2 Å². The minimum Gasteiger partial charge on any atom is -0.504 e. The van der Waals surface area contributed by atoms with Gasteiger partial charge in [0.1, 0.15) is 0 Å². The van der Waals surface area contributed by atoms with Gasteiger partial charge in [-0.2, -0.15) is 0 Å². The zero-order valence-electron chi connectivity index (χ0n) is 15.5. The lowest BCUT2D eigenvalue weighted by Crippen LogP contribution is -2.44. The molecule has 1 unspecified atom stereocenters. The molecule has 1 fully saturated rings. The summed E-state index contributed by atoms with van der Waals surface area (Å²) in [6.07, 6.45) is 5.65. The van der Waals surface area contributed by atoms with E-state index in [0.29, 0.717) is 5.75 Å². The number of aromatic hydroxyl groups is 1. The van der Waals surface area contributed by atoms with Crippen LogP contribution >= 0.6 is 11.6 Å². The maximum absolute atomic E-state index is 10.5. The van der Waals surface area contributed by atoms with E-state index < -0.39 is 0 Å². The van der Waals surface area contributed by atoms with Crippen molar-refractivity contribution in [3.63, 3.8) is 0 Å². The van der Waals surface area contributed by atoms with Crippen molar-refractivity contribution in [2.24, 2.45) is 0 Å². The molecular formula is C22H26ClNO2. The third-order valence-electron chi connectivity index (χ3n) is 6.34. The van der Waals surface area contributed by atoms with Crippen molar-refractivity contribution < 1.29 is 9.84 Å². The maximum Gasteiger partial charge on any atom is 0.160 e. The lowest BCUT2D eigenvalue weighted by molar-refractivity contribution is 0.135. The third kappa shape index (κ3) is 2.69. The molecule has 0 aromatic heterocycles. The summed E-state index contributed by atoms with van der Waals surface area (Å²) >= 11 is 6.68. The molecule has 0 radical (unpaired) electrons. The molecule has 1 heterocycles. The molecule has 138 valence electrons. The van der Waals surface area contributed by atoms with E-state index in [1.54, 1.807) is 7.11 Å². The van der Waals surface area contributed by atoms with E-state index in [0.717, 1.165) is 30.8 Å². The number of likely N-dealkylation sites (N-methyl/N-ethyl adjacent to an activating group) is 1. The largest absolute Gasteiger partial charge is 0.504 e. The first-order valence-corrected chi connectivity index (χ1v) is 9.79. The number of fused-ring (bicyclic) bond motifs is 1. The second kappa shape index (κ2) is 6.79. The highest BCUT2D eigenvalue weighted by Gasteiger charge is 2.48. The summed E-state index contributed by atoms with van der Waals surface area (Å²) in [5.41, 5.74) is 3.74. The summed E-state index contributed by atoms with van der Waals surface area (Å²) in [5.74, 6) is 0.782. The average molecular weight is 372 g/mol. The van der Waals surface area contributed by atoms with E-state index in [9.17, 15) is 5.11 Å². The zero-order chi connectivity index (χ0) is 18.3. The van der Waals surface area contributed by atoms with E-state index >= 15 is 0 Å². The SMILES string of the molecule is COc1cc2c(cc1O)C(C1(c3ccccc3Cl)CCCC1)N(C)CC2. The van der Waals surface area contributed by atoms with E-state index in [1.807, 2.05) is 24.3 Å². The number of methoxy groups -OCH3 is 1. The van der Waals surface area contributed by atoms with Crippen molar-refractivity contribution in [1.82, 2.24) is 4.90 Å². The van der Waals surface area contributed by atoms with E-state index in [1.165, 1.54) is 29.5 Å². The Labute approximate surface area is 160 Å². The van der Waals surface area contributed by atoms with E-state index in [2.05, 4.69) is 24.1 Å². The van der Waals surface area contributed by atoms with Gasteiger partial charge >= 0.3 is 0 Å². The van der Waals surface area contributed by atoms with Crippen LogP contribution in [0, 0.1) is 0 Å². The molecule has 3 nitrogen and oxygen atoms in total. The monoisotopic (exact) mass is 371 g/mol. The van der Waals surface area contributed by atoms with Gasteiger partial charge in [-0.1, -0.05) is 42.6 Å². The Bertz CT molecular complexity index is 814. The van der Waals surface area contributed by atoms with Crippen molar-refractivity contribution in [3.8, 4) is 11.5 Å². The summed E-state index contributed by atoms with van der Waals surface area (Å²) in [6, 6.07) is 12.4. The first kappa shape index (κ1) is 17.7. The normalized spacial score (nSPS) is 22.2. The number of phenols is 1. The molecule has 1 aliphatic heterocycles. The molecule has 0 amide bonds. The lowest BCUT2D eigenvalue weighted by atomic mass is 9.67. The third-order valence-corrected chi connectivity index (χ3v) is 6.67. The lowest BCUT2D eigenvalue weighted by Gasteiger charge is -2.47. The van der Waals surface area contributed by atoms with Crippen LogP contribution in [0.4, 0.5) is 0 Å². The topological polar surface area (TPSA) is 32.7 Å². The van der Waals surface area contributed by atoms with Crippen molar-refractivity contribution in [1.29, 1.82) is 0 Å². The maximum atomic E-state index is 10.5. The van der Waals surface area contributed by atoms with Gasteiger partial charge in [0, 0.05) is 23.0 Å². The molecule has 26 heavy (non-hydrogen) atoms. The average Bonchev–Trinajstić information content (AvgIpc) is 3.12. The Balaban J connectivity index is 1.90. The van der Waals surface area contributed by atoms with Crippen LogP contribution in [0.1, 0.15) is 48.4 Å². The number of ether oxygens (including phenoxy) is 1. The molecule has 1 atom stereocenters. The van der Waals surface area contributed by atoms with Gasteiger partial charge in [0.15, 0.2) is 11.5 Å². The second-order valence-electron chi connectivity index (χ2n) is 7.70. The van der Waals surface area contributed by atoms with Gasteiger partial charge in [-0.05, 0) is 61.2 Å². The van der Waals surface area contributed by atoms with Crippen LogP contribution in [-0.4, -0.2) is 30.7 Å². The van der Waals surface area contributed by atoms with Gasteiger partial charge in [-0.15, -0.1) is 0 Å². The van der Waals surface area contributed by atoms with Crippen LogP contribution in [0.3, 0.4) is 0 Å². The highest BCUT2D eigenvalue weighted by Crippen LogP contribution is 2.55. The van der Waals surface area contributed by atoms with Crippen LogP contribution < -0.4 is 4.74 Å². The van der Waals surface area contributed by atoms with E-state index in [4.69, 9.17) is 16.3 Å². The number of benzene rings is 2. The standard InChI is InChI=1S/C22H26ClNO2/c1-24-12-9-15-13-20(26-2)19(25)14-16(15)21(24)22(10-5-6-11-22)17-7-3-4-8-18(17)23/h3-4,7-8,13-14,21,25H,5-6,9-12H2,1-2H3. The van der Waals surface area contributed by atoms with Crippen LogP contribution in [0.25, 0.3) is 0 Å². The molecule has 0 bridgehead atoms. The van der Waals surface area contributed by atoms with Crippen molar-refractivity contribution >= 4 is 11.6 Å². The van der Waals surface area contributed by atoms with Crippen molar-refractivity contribution in [2.75, 3.05) is 20.7 Å². The minimum absolute atomic E-state index is 0.0106. The van der Waals surface area contributed by atoms with Gasteiger partial charge in [0.05, 0.1) is 7.11 Å². The van der Waals surface area contributed by atoms with Crippen LogP contribution in [-0.2, 0) is 11.8 Å². The molecule has 2 aromatic rings. The highest BCUT2D eigenvalue weighted by atomic mass is 35.5. The fourth-order valence-corrected chi connectivity index (χ4v) is 5.53. The van der Waals surface area contributed by atoms with Gasteiger partial charge in [0.25, 0.3) is 0 Å². The van der Waals surface area contributed by atoms with Gasteiger partial charge in [-0.25, -0.2) is 0 Å². The first-order valence-electron chi connectivity index (χ1n) is 9.42. The summed E-state index contributed by atoms with van der Waals surface area (Å²) in [6.45, 7) is 0.998. The number of hydrogen-bond acceptors (Lipinski definition) is 3. The molecule has 0 spiro atoms. The van der Waals surface area contributed by atoms with Crippen molar-refractivity contribution in [2.45, 2.75) is 43.6 Å². The Hall–Kier alpha value is -1.71. The molecule has 2 aromatic carbocycles. The number of nitrogens with zero attached hydrogens (tertiary/aromatic N) is 1. The zero-order valence-corrected chi connectivity index (χ0v) is 16.2. The van der Waals surface area contributed by atoms with Gasteiger partial charge in [0.2, 0.25) is 0 Å². The molecule has 1 N–H and O–H groups in total. The minimum atomic E-state index is -0.0106. The predicted octanol–water partition coefficient (Wildman–Crippen LogP) is 5.10. The fraction of sp³-hybridized carbons (Fsp3) is 0.455. The number of hydrogen-bond donors (Lipinski definition) is 1. The number of halogens is 1. The second-order valence-corrected chi connectivity index (χ2v) is 8.11. The van der Waals surface area contributed by atoms with Crippen LogP contribution in [0.5, 0.6) is 11.5 Å². The van der Waals surface area contributed by atoms with Gasteiger partial charge in [-0.3, -0.25) is 4.90 Å². The Kier molecular flexibility index (Phi) is 4.62. The number of phenolic OH excluding ortho intramolecular Hbond substituents is 1. The summed E-state index contributed by atoms with van der Waals surface area (Å²) < 4.78 is 5.34. The molecule has 1 aliphatic carbocycles. The Morgan fingerprint density at radius 3 is 2.62 bits per heavy atom. The highest BCUT2D eigenvalue weighted by molar-refractivity contribution is 6.31. The smallest absolute Gasteiger partial charge is 0.160 e. The predicted molar refractivity (Wildman–Crippen MR) is 105 cm³/mol. The van der Waals surface area contributed by atoms with Crippen LogP contribution in [0.2, 0.25) is 5.02 Å². The Morgan fingerprint density at radius 2 is 1.92 bits per heavy atom. The van der Waals surface area contributed by atoms with Crippen LogP contribution in [0.15, 0.2) is 36.4 Å². The molecule has 4 rings (SSSR count). The quantitative estimate of drug-likeness (QED) is 0.815.